The molecule has 0 spiro atoms. The average molecular weight is 435 g/mol. The number of unbranched alkanes of at least 4 members (excludes halogenated alkanes) is 2. The first-order valence-corrected chi connectivity index (χ1v) is 11.6. The number of ether oxygens (including phenoxy) is 4. The lowest BCUT2D eigenvalue weighted by Crippen LogP contribution is -2.04. The highest BCUT2D eigenvalue weighted by atomic mass is 16.6. The van der Waals surface area contributed by atoms with E-state index in [9.17, 15) is 0 Å². The molecule has 2 aliphatic rings. The fourth-order valence-corrected chi connectivity index (χ4v) is 3.64. The lowest BCUT2D eigenvalue weighted by Gasteiger charge is -2.06. The molecule has 168 valence electrons. The van der Waals surface area contributed by atoms with Gasteiger partial charge in [0.2, 0.25) is 0 Å². The molecule has 0 bridgehead atoms. The van der Waals surface area contributed by atoms with E-state index in [0.717, 1.165) is 54.5 Å². The molecule has 2 fully saturated rings. The molecule has 0 aliphatic carbocycles. The molecule has 2 aliphatic heterocycles. The second-order valence-electron chi connectivity index (χ2n) is 8.46. The van der Waals surface area contributed by atoms with Crippen molar-refractivity contribution in [3.63, 3.8) is 0 Å². The summed E-state index contributed by atoms with van der Waals surface area (Å²) >= 11 is 0. The van der Waals surface area contributed by atoms with Crippen molar-refractivity contribution >= 4 is 0 Å². The fourth-order valence-electron chi connectivity index (χ4n) is 3.64. The smallest absolute Gasteiger partial charge is 0.119 e. The summed E-state index contributed by atoms with van der Waals surface area (Å²) in [5.41, 5.74) is 4.43. The van der Waals surface area contributed by atoms with Gasteiger partial charge < -0.3 is 18.9 Å². The molecule has 0 radical (unpaired) electrons. The Morgan fingerprint density at radius 2 is 1.47 bits per heavy atom. The molecule has 1 aromatic heterocycles. The summed E-state index contributed by atoms with van der Waals surface area (Å²) in [6.07, 6.45) is 7.28. The van der Waals surface area contributed by atoms with Crippen LogP contribution in [0.4, 0.5) is 0 Å². The van der Waals surface area contributed by atoms with Crippen molar-refractivity contribution < 1.29 is 18.9 Å². The normalized spacial score (nSPS) is 19.0. The number of aromatic nitrogens is 2. The Balaban J connectivity index is 1.33. The molecule has 6 heteroatoms. The van der Waals surface area contributed by atoms with Crippen LogP contribution < -0.4 is 9.47 Å². The molecule has 3 aromatic rings. The highest BCUT2D eigenvalue weighted by Crippen LogP contribution is 2.28. The van der Waals surface area contributed by atoms with Gasteiger partial charge in [-0.1, -0.05) is 19.8 Å². The summed E-state index contributed by atoms with van der Waals surface area (Å²) in [5.74, 6) is 1.72. The van der Waals surface area contributed by atoms with Crippen molar-refractivity contribution in [3.8, 4) is 28.4 Å². The molecule has 5 rings (SSSR count). The fraction of sp³-hybridized carbons (Fsp3) is 0.423. The Kier molecular flexibility index (Phi) is 6.41. The minimum absolute atomic E-state index is 0.257. The van der Waals surface area contributed by atoms with Crippen LogP contribution in [0.5, 0.6) is 11.5 Å². The molecule has 0 saturated carbocycles. The summed E-state index contributed by atoms with van der Waals surface area (Å²) in [5, 5.41) is 4.95. The monoisotopic (exact) mass is 434 g/mol. The second kappa shape index (κ2) is 9.76. The van der Waals surface area contributed by atoms with Crippen LogP contribution in [0, 0.1) is 0 Å². The van der Waals surface area contributed by atoms with Gasteiger partial charge in [0.15, 0.2) is 0 Å². The summed E-state index contributed by atoms with van der Waals surface area (Å²) < 4.78 is 23.9. The van der Waals surface area contributed by atoms with Crippen LogP contribution in [0.1, 0.15) is 31.7 Å². The molecule has 0 N–H and O–H groups in total. The van der Waals surface area contributed by atoms with Gasteiger partial charge in [0.1, 0.15) is 36.9 Å². The molecular formula is C26H30N2O4. The molecule has 0 amide bonds. The van der Waals surface area contributed by atoms with E-state index in [1.807, 2.05) is 41.1 Å². The van der Waals surface area contributed by atoms with Gasteiger partial charge in [-0.2, -0.15) is 5.10 Å². The molecule has 2 saturated heterocycles. The van der Waals surface area contributed by atoms with Crippen LogP contribution in [0.15, 0.2) is 54.7 Å². The van der Waals surface area contributed by atoms with Crippen LogP contribution in [-0.2, 0) is 15.9 Å². The van der Waals surface area contributed by atoms with Crippen molar-refractivity contribution in [1.82, 2.24) is 9.78 Å². The standard InChI is InChI=1S/C26H30N2O4/c1-2-3-4-5-20-14-28(21-8-12-23(13-9-21)30-16-25-18-32-25)27-26(20)19-6-10-22(11-7-19)29-15-24-17-31-24/h6-14,24-25H,2-5,15-18H2,1H3. The van der Waals surface area contributed by atoms with Gasteiger partial charge in [-0.25, -0.2) is 4.68 Å². The van der Waals surface area contributed by atoms with Crippen LogP contribution in [0.2, 0.25) is 0 Å². The minimum Gasteiger partial charge on any atom is -0.491 e. The van der Waals surface area contributed by atoms with Crippen molar-refractivity contribution in [3.05, 3.63) is 60.3 Å². The van der Waals surface area contributed by atoms with Gasteiger partial charge in [-0.15, -0.1) is 0 Å². The molecular weight excluding hydrogens is 404 g/mol. The van der Waals surface area contributed by atoms with E-state index >= 15 is 0 Å². The van der Waals surface area contributed by atoms with Crippen molar-refractivity contribution in [2.45, 2.75) is 44.8 Å². The predicted molar refractivity (Wildman–Crippen MR) is 123 cm³/mol. The minimum atomic E-state index is 0.257. The van der Waals surface area contributed by atoms with Crippen molar-refractivity contribution in [2.24, 2.45) is 0 Å². The summed E-state index contributed by atoms with van der Waals surface area (Å²) in [7, 11) is 0. The quantitative estimate of drug-likeness (QED) is 0.302. The average Bonchev–Trinajstić information content (AvgIpc) is 3.76. The number of benzene rings is 2. The Morgan fingerprint density at radius 3 is 2.03 bits per heavy atom. The molecule has 2 unspecified atom stereocenters. The van der Waals surface area contributed by atoms with E-state index in [-0.39, 0.29) is 12.2 Å². The molecule has 3 heterocycles. The number of nitrogens with zero attached hydrogens (tertiary/aromatic N) is 2. The van der Waals surface area contributed by atoms with Gasteiger partial charge in [0.25, 0.3) is 0 Å². The third-order valence-corrected chi connectivity index (χ3v) is 5.75. The van der Waals surface area contributed by atoms with Gasteiger partial charge in [-0.3, -0.25) is 0 Å². The molecule has 6 nitrogen and oxygen atoms in total. The van der Waals surface area contributed by atoms with E-state index in [0.29, 0.717) is 13.2 Å². The highest BCUT2D eigenvalue weighted by molar-refractivity contribution is 5.64. The van der Waals surface area contributed by atoms with Gasteiger partial charge in [-0.05, 0) is 66.9 Å². The maximum Gasteiger partial charge on any atom is 0.119 e. The van der Waals surface area contributed by atoms with E-state index in [4.69, 9.17) is 24.0 Å². The first kappa shape index (κ1) is 21.0. The van der Waals surface area contributed by atoms with Crippen LogP contribution in [-0.4, -0.2) is 48.4 Å². The number of rotatable bonds is 12. The zero-order valence-corrected chi connectivity index (χ0v) is 18.5. The topological polar surface area (TPSA) is 61.3 Å². The summed E-state index contributed by atoms with van der Waals surface area (Å²) in [6.45, 7) is 5.06. The predicted octanol–water partition coefficient (Wildman–Crippen LogP) is 4.83. The second-order valence-corrected chi connectivity index (χ2v) is 8.46. The number of hydrogen-bond acceptors (Lipinski definition) is 5. The number of aryl methyl sites for hydroxylation is 1. The van der Waals surface area contributed by atoms with E-state index in [1.54, 1.807) is 0 Å². The molecule has 2 atom stereocenters. The third-order valence-electron chi connectivity index (χ3n) is 5.75. The van der Waals surface area contributed by atoms with E-state index in [1.165, 1.54) is 18.4 Å². The van der Waals surface area contributed by atoms with Crippen molar-refractivity contribution in [1.29, 1.82) is 0 Å². The molecule has 32 heavy (non-hydrogen) atoms. The van der Waals surface area contributed by atoms with Gasteiger partial charge in [0, 0.05) is 11.8 Å². The maximum atomic E-state index is 5.78. The largest absolute Gasteiger partial charge is 0.491 e. The Hall–Kier alpha value is -2.83. The number of hydrogen-bond donors (Lipinski definition) is 0. The van der Waals surface area contributed by atoms with Crippen molar-refractivity contribution in [2.75, 3.05) is 26.4 Å². The van der Waals surface area contributed by atoms with Crippen LogP contribution in [0.25, 0.3) is 16.9 Å². The number of epoxide rings is 2. The van der Waals surface area contributed by atoms with Crippen LogP contribution in [0.3, 0.4) is 0 Å². The first-order valence-electron chi connectivity index (χ1n) is 11.6. The lowest BCUT2D eigenvalue weighted by molar-refractivity contribution is 0.263. The summed E-state index contributed by atoms with van der Waals surface area (Å²) in [6, 6.07) is 16.3. The molecule has 2 aromatic carbocycles. The first-order chi connectivity index (χ1) is 15.8. The Labute approximate surface area is 189 Å². The van der Waals surface area contributed by atoms with E-state index < -0.39 is 0 Å². The highest BCUT2D eigenvalue weighted by Gasteiger charge is 2.23. The SMILES string of the molecule is CCCCCc1cn(-c2ccc(OCC3CO3)cc2)nc1-c1ccc(OCC2CO2)cc1. The van der Waals surface area contributed by atoms with E-state index in [2.05, 4.69) is 25.3 Å². The Morgan fingerprint density at radius 1 is 0.875 bits per heavy atom. The maximum absolute atomic E-state index is 5.78. The van der Waals surface area contributed by atoms with Gasteiger partial charge >= 0.3 is 0 Å². The zero-order valence-electron chi connectivity index (χ0n) is 18.5. The van der Waals surface area contributed by atoms with Crippen LogP contribution >= 0.6 is 0 Å². The summed E-state index contributed by atoms with van der Waals surface area (Å²) in [4.78, 5) is 0. The third kappa shape index (κ3) is 5.50. The lowest BCUT2D eigenvalue weighted by atomic mass is 10.0. The zero-order chi connectivity index (χ0) is 21.8. The Bertz CT molecular complexity index is 1010. The van der Waals surface area contributed by atoms with Gasteiger partial charge in [0.05, 0.1) is 24.6 Å².